The largest absolute Gasteiger partial charge is 0.493 e. The Bertz CT molecular complexity index is 918. The van der Waals surface area contributed by atoms with Crippen LogP contribution in [0.25, 0.3) is 0 Å². The Morgan fingerprint density at radius 3 is 2.33 bits per heavy atom. The maximum Gasteiger partial charge on any atom is 0.243 e. The fourth-order valence-corrected chi connectivity index (χ4v) is 4.20. The summed E-state index contributed by atoms with van der Waals surface area (Å²) in [7, 11) is 0.515. The van der Waals surface area contributed by atoms with Crippen LogP contribution in [0.15, 0.2) is 53.4 Å². The molecule has 0 saturated heterocycles. The fraction of sp³-hybridized carbons (Fsp3) is 0.381. The molecule has 30 heavy (non-hydrogen) atoms. The SMILES string of the molecule is COCCCNC(=O)CN(Cc1ccccc1)S(=O)(=O)c1ccc(OC)c(OC)c1. The Balaban J connectivity index is 2.28. The Hall–Kier alpha value is -2.62. The first-order valence-corrected chi connectivity index (χ1v) is 10.9. The van der Waals surface area contributed by atoms with E-state index in [0.29, 0.717) is 31.1 Å². The molecule has 2 aromatic rings. The molecule has 0 unspecified atom stereocenters. The Kier molecular flexibility index (Phi) is 9.10. The summed E-state index contributed by atoms with van der Waals surface area (Å²) in [6.07, 6.45) is 0.642. The lowest BCUT2D eigenvalue weighted by molar-refractivity contribution is -0.121. The maximum atomic E-state index is 13.3. The lowest BCUT2D eigenvalue weighted by Gasteiger charge is -2.22. The van der Waals surface area contributed by atoms with Crippen LogP contribution in [-0.2, 0) is 26.1 Å². The van der Waals surface area contributed by atoms with Gasteiger partial charge in [0.2, 0.25) is 15.9 Å². The zero-order valence-electron chi connectivity index (χ0n) is 17.5. The van der Waals surface area contributed by atoms with E-state index >= 15 is 0 Å². The number of nitrogens with one attached hydrogen (secondary N) is 1. The first-order valence-electron chi connectivity index (χ1n) is 9.44. The quantitative estimate of drug-likeness (QED) is 0.512. The summed E-state index contributed by atoms with van der Waals surface area (Å²) >= 11 is 0. The summed E-state index contributed by atoms with van der Waals surface area (Å²) in [6.45, 7) is 0.668. The standard InChI is InChI=1S/C21H28N2O6S/c1-27-13-7-12-22-21(24)16-23(15-17-8-5-4-6-9-17)30(25,26)18-10-11-19(28-2)20(14-18)29-3/h4-6,8-11,14H,7,12-13,15-16H2,1-3H3,(H,22,24). The third-order valence-electron chi connectivity index (χ3n) is 4.36. The molecule has 2 aromatic carbocycles. The monoisotopic (exact) mass is 436 g/mol. The first-order chi connectivity index (χ1) is 14.4. The molecule has 0 aliphatic carbocycles. The number of carbonyl (C=O) groups is 1. The van der Waals surface area contributed by atoms with Gasteiger partial charge in [0.15, 0.2) is 11.5 Å². The van der Waals surface area contributed by atoms with Crippen molar-refractivity contribution in [1.82, 2.24) is 9.62 Å². The van der Waals surface area contributed by atoms with Crippen molar-refractivity contribution in [2.75, 3.05) is 41.0 Å². The van der Waals surface area contributed by atoms with Gasteiger partial charge in [-0.1, -0.05) is 30.3 Å². The summed E-state index contributed by atoms with van der Waals surface area (Å²) < 4.78 is 43.2. The molecule has 0 atom stereocenters. The number of carbonyl (C=O) groups excluding carboxylic acids is 1. The zero-order chi connectivity index (χ0) is 22.0. The number of benzene rings is 2. The van der Waals surface area contributed by atoms with Crippen molar-refractivity contribution in [3.63, 3.8) is 0 Å². The van der Waals surface area contributed by atoms with Crippen LogP contribution in [0.5, 0.6) is 11.5 Å². The summed E-state index contributed by atoms with van der Waals surface area (Å²) in [5, 5.41) is 2.73. The number of sulfonamides is 1. The van der Waals surface area contributed by atoms with Crippen molar-refractivity contribution < 1.29 is 27.4 Å². The maximum absolute atomic E-state index is 13.3. The molecule has 164 valence electrons. The molecule has 0 heterocycles. The normalized spacial score (nSPS) is 11.3. The molecule has 0 spiro atoms. The van der Waals surface area contributed by atoms with Crippen molar-refractivity contribution in [2.24, 2.45) is 0 Å². The predicted molar refractivity (Wildman–Crippen MR) is 113 cm³/mol. The van der Waals surface area contributed by atoms with Crippen molar-refractivity contribution in [3.8, 4) is 11.5 Å². The molecule has 0 aromatic heterocycles. The molecule has 1 N–H and O–H groups in total. The third-order valence-corrected chi connectivity index (χ3v) is 6.15. The smallest absolute Gasteiger partial charge is 0.243 e. The van der Waals surface area contributed by atoms with Crippen LogP contribution in [-0.4, -0.2) is 59.7 Å². The van der Waals surface area contributed by atoms with E-state index in [1.165, 1.54) is 32.4 Å². The van der Waals surface area contributed by atoms with E-state index in [0.717, 1.165) is 9.87 Å². The molecule has 0 bridgehead atoms. The topological polar surface area (TPSA) is 94.2 Å². The Labute approximate surface area is 177 Å². The zero-order valence-corrected chi connectivity index (χ0v) is 18.3. The molecule has 0 aliphatic rings. The summed E-state index contributed by atoms with van der Waals surface area (Å²) in [5.41, 5.74) is 0.772. The molecule has 0 saturated carbocycles. The van der Waals surface area contributed by atoms with E-state index in [1.807, 2.05) is 30.3 Å². The molecule has 8 nitrogen and oxygen atoms in total. The number of ether oxygens (including phenoxy) is 3. The van der Waals surface area contributed by atoms with E-state index in [1.54, 1.807) is 7.11 Å². The molecule has 0 aliphatic heterocycles. The lowest BCUT2D eigenvalue weighted by atomic mass is 10.2. The van der Waals surface area contributed by atoms with Gasteiger partial charge in [-0.25, -0.2) is 8.42 Å². The minimum atomic E-state index is -3.97. The average molecular weight is 437 g/mol. The Morgan fingerprint density at radius 1 is 1.00 bits per heavy atom. The number of hydrogen-bond donors (Lipinski definition) is 1. The number of methoxy groups -OCH3 is 3. The van der Waals surface area contributed by atoms with Gasteiger partial charge in [-0.05, 0) is 24.1 Å². The van der Waals surface area contributed by atoms with Gasteiger partial charge >= 0.3 is 0 Å². The van der Waals surface area contributed by atoms with Crippen LogP contribution < -0.4 is 14.8 Å². The van der Waals surface area contributed by atoms with Crippen LogP contribution in [0.4, 0.5) is 0 Å². The highest BCUT2D eigenvalue weighted by Gasteiger charge is 2.28. The van der Waals surface area contributed by atoms with E-state index in [2.05, 4.69) is 5.32 Å². The van der Waals surface area contributed by atoms with Gasteiger partial charge in [-0.2, -0.15) is 4.31 Å². The molecule has 0 radical (unpaired) electrons. The van der Waals surface area contributed by atoms with Crippen molar-refractivity contribution >= 4 is 15.9 Å². The highest BCUT2D eigenvalue weighted by Crippen LogP contribution is 2.31. The Morgan fingerprint density at radius 2 is 1.70 bits per heavy atom. The fourth-order valence-electron chi connectivity index (χ4n) is 2.80. The predicted octanol–water partition coefficient (Wildman–Crippen LogP) is 2.05. The van der Waals surface area contributed by atoms with E-state index < -0.39 is 10.0 Å². The van der Waals surface area contributed by atoms with Crippen molar-refractivity contribution in [2.45, 2.75) is 17.9 Å². The van der Waals surface area contributed by atoms with E-state index in [9.17, 15) is 13.2 Å². The highest BCUT2D eigenvalue weighted by molar-refractivity contribution is 7.89. The molecular formula is C21H28N2O6S. The van der Waals surface area contributed by atoms with Crippen molar-refractivity contribution in [1.29, 1.82) is 0 Å². The first kappa shape index (κ1) is 23.7. The number of amides is 1. The van der Waals surface area contributed by atoms with Gasteiger partial charge in [0.1, 0.15) is 0 Å². The minimum Gasteiger partial charge on any atom is -0.493 e. The molecule has 0 fully saturated rings. The van der Waals surface area contributed by atoms with Gasteiger partial charge < -0.3 is 19.5 Å². The number of hydrogen-bond acceptors (Lipinski definition) is 6. The molecule has 2 rings (SSSR count). The molecule has 1 amide bonds. The van der Waals surface area contributed by atoms with E-state index in [-0.39, 0.29) is 23.9 Å². The molecular weight excluding hydrogens is 408 g/mol. The third kappa shape index (κ3) is 6.45. The second kappa shape index (κ2) is 11.5. The van der Waals surface area contributed by atoms with Gasteiger partial charge in [-0.15, -0.1) is 0 Å². The van der Waals surface area contributed by atoms with Gasteiger partial charge in [0, 0.05) is 32.9 Å². The summed E-state index contributed by atoms with van der Waals surface area (Å²) in [5.74, 6) is 0.329. The van der Waals surface area contributed by atoms with E-state index in [4.69, 9.17) is 14.2 Å². The second-order valence-corrected chi connectivity index (χ2v) is 8.41. The van der Waals surface area contributed by atoms with Crippen LogP contribution >= 0.6 is 0 Å². The van der Waals surface area contributed by atoms with Crippen LogP contribution in [0, 0.1) is 0 Å². The van der Waals surface area contributed by atoms with Crippen LogP contribution in [0.3, 0.4) is 0 Å². The van der Waals surface area contributed by atoms with Gasteiger partial charge in [-0.3, -0.25) is 4.79 Å². The number of nitrogens with zero attached hydrogens (tertiary/aromatic N) is 1. The van der Waals surface area contributed by atoms with Crippen molar-refractivity contribution in [3.05, 3.63) is 54.1 Å². The van der Waals surface area contributed by atoms with Crippen LogP contribution in [0.1, 0.15) is 12.0 Å². The van der Waals surface area contributed by atoms with Gasteiger partial charge in [0.25, 0.3) is 0 Å². The summed E-state index contributed by atoms with van der Waals surface area (Å²) in [4.78, 5) is 12.4. The number of rotatable bonds is 12. The van der Waals surface area contributed by atoms with Crippen LogP contribution in [0.2, 0.25) is 0 Å². The summed E-state index contributed by atoms with van der Waals surface area (Å²) in [6, 6.07) is 13.5. The average Bonchev–Trinajstić information content (AvgIpc) is 2.76. The molecule has 9 heteroatoms. The minimum absolute atomic E-state index is 0.0169. The second-order valence-electron chi connectivity index (χ2n) is 6.47. The van der Waals surface area contributed by atoms with Gasteiger partial charge in [0.05, 0.1) is 25.7 Å². The lowest BCUT2D eigenvalue weighted by Crippen LogP contribution is -2.40. The highest BCUT2D eigenvalue weighted by atomic mass is 32.2.